The fourth-order valence-electron chi connectivity index (χ4n) is 5.59. The van der Waals surface area contributed by atoms with Crippen LogP contribution < -0.4 is 9.62 Å². The Kier molecular flexibility index (Phi) is 8.47. The molecule has 0 spiro atoms. The number of hydrogen-bond acceptors (Lipinski definition) is 8. The van der Waals surface area contributed by atoms with Gasteiger partial charge in [-0.15, -0.1) is 0 Å². The van der Waals surface area contributed by atoms with Crippen LogP contribution in [-0.4, -0.2) is 61.3 Å². The Bertz CT molecular complexity index is 1190. The van der Waals surface area contributed by atoms with E-state index in [0.29, 0.717) is 56.0 Å². The van der Waals surface area contributed by atoms with Crippen LogP contribution in [-0.2, 0) is 26.2 Å². The normalized spacial score (nSPS) is 19.3. The van der Waals surface area contributed by atoms with Gasteiger partial charge in [0, 0.05) is 44.0 Å². The second-order valence-corrected chi connectivity index (χ2v) is 12.1. The molecule has 200 valence electrons. The minimum Gasteiger partial charge on any atom is -0.355 e. The van der Waals surface area contributed by atoms with E-state index in [9.17, 15) is 28.1 Å². The second kappa shape index (κ2) is 11.6. The molecule has 10 nitrogen and oxygen atoms in total. The largest absolute Gasteiger partial charge is 0.355 e. The summed E-state index contributed by atoms with van der Waals surface area (Å²) in [5.74, 6) is -0.465. The monoisotopic (exact) mass is 529 g/mol. The molecule has 1 aromatic heterocycles. The van der Waals surface area contributed by atoms with Gasteiger partial charge in [0.1, 0.15) is 11.9 Å². The van der Waals surface area contributed by atoms with Gasteiger partial charge in [-0.3, -0.25) is 19.1 Å². The molecule has 0 aromatic carbocycles. The first kappa shape index (κ1) is 27.0. The van der Waals surface area contributed by atoms with E-state index in [4.69, 9.17) is 4.98 Å². The summed E-state index contributed by atoms with van der Waals surface area (Å²) in [6.07, 6.45) is 6.20. The molecule has 0 atom stereocenters. The minimum absolute atomic E-state index is 0.00182. The Balaban J connectivity index is 1.46. The maximum atomic E-state index is 12.7. The van der Waals surface area contributed by atoms with Gasteiger partial charge in [-0.05, 0) is 44.1 Å². The van der Waals surface area contributed by atoms with Crippen molar-refractivity contribution in [1.82, 2.24) is 14.6 Å². The maximum absolute atomic E-state index is 12.7. The Hall–Kier alpha value is -3.00. The van der Waals surface area contributed by atoms with E-state index in [1.807, 2.05) is 4.90 Å². The smallest absolute Gasteiger partial charge is 0.236 e. The Morgan fingerprint density at radius 2 is 1.84 bits per heavy atom. The van der Waals surface area contributed by atoms with Crippen LogP contribution in [0, 0.1) is 23.2 Å². The highest BCUT2D eigenvalue weighted by Crippen LogP contribution is 2.29. The number of piperidine rings is 1. The van der Waals surface area contributed by atoms with Gasteiger partial charge in [0.2, 0.25) is 21.8 Å². The number of rotatable bonds is 9. The van der Waals surface area contributed by atoms with E-state index in [2.05, 4.69) is 10.8 Å². The zero-order chi connectivity index (χ0) is 26.6. The first-order valence-electron chi connectivity index (χ1n) is 13.2. The molecule has 1 N–H and O–H groups in total. The number of ketones is 1. The molecule has 2 amide bonds. The van der Waals surface area contributed by atoms with Gasteiger partial charge in [0.05, 0.1) is 23.6 Å². The van der Waals surface area contributed by atoms with Gasteiger partial charge in [0.15, 0.2) is 5.78 Å². The second-order valence-electron chi connectivity index (χ2n) is 10.3. The van der Waals surface area contributed by atoms with Gasteiger partial charge >= 0.3 is 0 Å². The number of aromatic nitrogens is 1. The maximum Gasteiger partial charge on any atom is 0.236 e. The van der Waals surface area contributed by atoms with Crippen molar-refractivity contribution in [3.63, 3.8) is 0 Å². The first-order valence-corrected chi connectivity index (χ1v) is 14.9. The highest BCUT2D eigenvalue weighted by Gasteiger charge is 2.32. The molecular formula is C26H35N5O5S. The van der Waals surface area contributed by atoms with Crippen molar-refractivity contribution in [3.8, 4) is 6.07 Å². The highest BCUT2D eigenvalue weighted by molar-refractivity contribution is 7.90. The molecule has 3 fully saturated rings. The van der Waals surface area contributed by atoms with Crippen LogP contribution in [0.2, 0.25) is 0 Å². The summed E-state index contributed by atoms with van der Waals surface area (Å²) in [7, 11) is -3.66. The number of carbonyl (C=O) groups is 3. The zero-order valence-electron chi connectivity index (χ0n) is 21.4. The molecule has 11 heteroatoms. The number of sulfonamides is 1. The number of carbonyl (C=O) groups excluding carboxylic acids is 3. The molecular weight excluding hydrogens is 494 g/mol. The number of nitriles is 1. The SMILES string of the molecule is CCC(=O)c1cc(C#N)c(N2CCC(C(=O)NS(=O)(=O)CC3CCCC3)CC2)nc1CN1CCCC1=O. The molecule has 1 saturated carbocycles. The third kappa shape index (κ3) is 6.47. The van der Waals surface area contributed by atoms with Crippen LogP contribution in [0.3, 0.4) is 0 Å². The fourth-order valence-corrected chi connectivity index (χ4v) is 7.10. The molecule has 1 aromatic rings. The molecule has 2 saturated heterocycles. The molecule has 2 aliphatic heterocycles. The first-order chi connectivity index (χ1) is 17.7. The summed E-state index contributed by atoms with van der Waals surface area (Å²) >= 11 is 0. The zero-order valence-corrected chi connectivity index (χ0v) is 22.2. The predicted octanol–water partition coefficient (Wildman–Crippen LogP) is 2.52. The lowest BCUT2D eigenvalue weighted by Crippen LogP contribution is -2.44. The van der Waals surface area contributed by atoms with Gasteiger partial charge in [-0.25, -0.2) is 13.4 Å². The summed E-state index contributed by atoms with van der Waals surface area (Å²) in [6, 6.07) is 3.71. The quantitative estimate of drug-likeness (QED) is 0.481. The molecule has 0 unspecified atom stereocenters. The Labute approximate surface area is 218 Å². The number of pyridine rings is 1. The van der Waals surface area contributed by atoms with Crippen LogP contribution in [0.1, 0.15) is 86.3 Å². The number of Topliss-reactive ketones (excluding diaryl/α,β-unsaturated/α-hetero) is 1. The molecule has 37 heavy (non-hydrogen) atoms. The third-order valence-electron chi connectivity index (χ3n) is 7.69. The molecule has 3 aliphatic rings. The topological polar surface area (TPSA) is 141 Å². The van der Waals surface area contributed by atoms with Gasteiger partial charge < -0.3 is 9.80 Å². The van der Waals surface area contributed by atoms with Crippen LogP contribution in [0.25, 0.3) is 0 Å². The lowest BCUT2D eigenvalue weighted by Gasteiger charge is -2.33. The standard InChI is InChI=1S/C26H35N5O5S/c1-2-23(32)21-14-20(15-27)25(28-22(21)16-31-11-5-8-24(31)33)30-12-9-19(10-13-30)26(34)29-37(35,36)17-18-6-3-4-7-18/h14,18-19H,2-13,16-17H2,1H3,(H,29,34). The Morgan fingerprint density at radius 1 is 1.14 bits per heavy atom. The van der Waals surface area contributed by atoms with Crippen LogP contribution in [0.4, 0.5) is 5.82 Å². The number of hydrogen-bond donors (Lipinski definition) is 1. The molecule has 4 rings (SSSR count). The van der Waals surface area contributed by atoms with E-state index in [1.165, 1.54) is 0 Å². The van der Waals surface area contributed by atoms with Crippen molar-refractivity contribution in [2.75, 3.05) is 30.3 Å². The molecule has 1 aliphatic carbocycles. The Morgan fingerprint density at radius 3 is 2.43 bits per heavy atom. The number of anilines is 1. The van der Waals surface area contributed by atoms with Gasteiger partial charge in [0.25, 0.3) is 0 Å². The highest BCUT2D eigenvalue weighted by atomic mass is 32.2. The summed E-state index contributed by atoms with van der Waals surface area (Å²) in [4.78, 5) is 45.9. The predicted molar refractivity (Wildman–Crippen MR) is 137 cm³/mol. The number of nitrogens with one attached hydrogen (secondary N) is 1. The van der Waals surface area contributed by atoms with Crippen molar-refractivity contribution >= 4 is 33.4 Å². The summed E-state index contributed by atoms with van der Waals surface area (Å²) in [5, 5.41) is 9.81. The number of likely N-dealkylation sites (tertiary alicyclic amines) is 1. The minimum atomic E-state index is -3.66. The third-order valence-corrected chi connectivity index (χ3v) is 9.11. The van der Waals surface area contributed by atoms with Crippen LogP contribution in [0.5, 0.6) is 0 Å². The number of nitrogens with zero attached hydrogens (tertiary/aromatic N) is 4. The lowest BCUT2D eigenvalue weighted by atomic mass is 9.95. The van der Waals surface area contributed by atoms with E-state index in [1.54, 1.807) is 17.9 Å². The molecule has 0 bridgehead atoms. The van der Waals surface area contributed by atoms with Crippen molar-refractivity contribution in [2.24, 2.45) is 11.8 Å². The van der Waals surface area contributed by atoms with Crippen molar-refractivity contribution in [1.29, 1.82) is 5.26 Å². The average molecular weight is 530 g/mol. The average Bonchev–Trinajstić information content (AvgIpc) is 3.54. The lowest BCUT2D eigenvalue weighted by molar-refractivity contribution is -0.128. The van der Waals surface area contributed by atoms with E-state index >= 15 is 0 Å². The van der Waals surface area contributed by atoms with Crippen molar-refractivity contribution in [2.45, 2.75) is 71.3 Å². The summed E-state index contributed by atoms with van der Waals surface area (Å²) in [6.45, 7) is 3.42. The number of amides is 2. The molecule has 0 radical (unpaired) electrons. The molecule has 3 heterocycles. The summed E-state index contributed by atoms with van der Waals surface area (Å²) < 4.78 is 27.2. The van der Waals surface area contributed by atoms with Gasteiger partial charge in [-0.1, -0.05) is 19.8 Å². The van der Waals surface area contributed by atoms with E-state index < -0.39 is 21.8 Å². The van der Waals surface area contributed by atoms with E-state index in [0.717, 1.165) is 32.1 Å². The van der Waals surface area contributed by atoms with Crippen LogP contribution >= 0.6 is 0 Å². The van der Waals surface area contributed by atoms with Crippen molar-refractivity contribution < 1.29 is 22.8 Å². The van der Waals surface area contributed by atoms with E-state index in [-0.39, 0.29) is 41.9 Å². The van der Waals surface area contributed by atoms with Crippen molar-refractivity contribution in [3.05, 3.63) is 22.9 Å². The van der Waals surface area contributed by atoms with Gasteiger partial charge in [-0.2, -0.15) is 5.26 Å². The summed E-state index contributed by atoms with van der Waals surface area (Å²) in [5.41, 5.74) is 1.12. The van der Waals surface area contributed by atoms with Crippen LogP contribution in [0.15, 0.2) is 6.07 Å². The fraction of sp³-hybridized carbons (Fsp3) is 0.654.